The van der Waals surface area contributed by atoms with Gasteiger partial charge in [-0.05, 0) is 46.5 Å². The predicted octanol–water partition coefficient (Wildman–Crippen LogP) is 2.67. The lowest BCUT2D eigenvalue weighted by Gasteiger charge is -2.33. The highest BCUT2D eigenvalue weighted by Crippen LogP contribution is 2.26. The Bertz CT molecular complexity index is 601. The molecular weight excluding hydrogens is 451 g/mol. The molecule has 2 rings (SSSR count). The molecule has 5 nitrogen and oxygen atoms in total. The average Bonchev–Trinajstić information content (AvgIpc) is 2.99. The van der Waals surface area contributed by atoms with Gasteiger partial charge in [0.2, 0.25) is 0 Å². The maximum absolute atomic E-state index is 13.9. The van der Waals surface area contributed by atoms with E-state index in [2.05, 4.69) is 34.4 Å². The number of para-hydroxylation sites is 1. The molecule has 1 aliphatic heterocycles. The molecular formula is C18H30F2IN5. The van der Waals surface area contributed by atoms with E-state index in [-0.39, 0.29) is 41.2 Å². The fraction of sp³-hybridized carbons (Fsp3) is 0.611. The van der Waals surface area contributed by atoms with E-state index in [1.807, 2.05) is 14.1 Å². The minimum Gasteiger partial charge on any atom is -0.365 e. The number of hydrogen-bond donors (Lipinski definition) is 2. The Morgan fingerprint density at radius 1 is 1.31 bits per heavy atom. The molecule has 1 aromatic carbocycles. The van der Waals surface area contributed by atoms with E-state index in [0.717, 1.165) is 13.0 Å². The van der Waals surface area contributed by atoms with Crippen molar-refractivity contribution in [2.75, 3.05) is 45.7 Å². The Labute approximate surface area is 172 Å². The van der Waals surface area contributed by atoms with Crippen molar-refractivity contribution in [3.8, 4) is 0 Å². The number of rotatable bonds is 5. The van der Waals surface area contributed by atoms with Crippen LogP contribution in [0.3, 0.4) is 0 Å². The van der Waals surface area contributed by atoms with E-state index in [4.69, 9.17) is 0 Å². The number of halogens is 3. The van der Waals surface area contributed by atoms with Crippen LogP contribution in [-0.4, -0.2) is 63.2 Å². The van der Waals surface area contributed by atoms with Crippen LogP contribution >= 0.6 is 24.0 Å². The van der Waals surface area contributed by atoms with Crippen LogP contribution in [0.4, 0.5) is 14.5 Å². The molecule has 1 aromatic rings. The van der Waals surface area contributed by atoms with Gasteiger partial charge in [0.1, 0.15) is 17.3 Å². The zero-order valence-electron chi connectivity index (χ0n) is 16.1. The minimum atomic E-state index is -0.518. The van der Waals surface area contributed by atoms with Gasteiger partial charge in [-0.15, -0.1) is 24.0 Å². The lowest BCUT2D eigenvalue weighted by Crippen LogP contribution is -2.52. The van der Waals surface area contributed by atoms with Crippen molar-refractivity contribution < 1.29 is 8.78 Å². The molecule has 8 heteroatoms. The number of anilines is 1. The highest BCUT2D eigenvalue weighted by Gasteiger charge is 2.28. The molecule has 1 aliphatic rings. The van der Waals surface area contributed by atoms with Crippen LogP contribution in [0.5, 0.6) is 0 Å². The summed E-state index contributed by atoms with van der Waals surface area (Å²) < 4.78 is 27.9. The molecule has 0 amide bonds. The summed E-state index contributed by atoms with van der Waals surface area (Å²) in [7, 11) is 5.80. The van der Waals surface area contributed by atoms with Crippen LogP contribution in [0.25, 0.3) is 0 Å². The Kier molecular flexibility index (Phi) is 8.52. The van der Waals surface area contributed by atoms with Crippen molar-refractivity contribution in [3.63, 3.8) is 0 Å². The molecule has 1 saturated heterocycles. The number of guanidine groups is 1. The highest BCUT2D eigenvalue weighted by atomic mass is 127. The Morgan fingerprint density at radius 3 is 2.46 bits per heavy atom. The topological polar surface area (TPSA) is 42.9 Å². The lowest BCUT2D eigenvalue weighted by molar-refractivity contribution is 0.197. The second-order valence-electron chi connectivity index (χ2n) is 7.28. The van der Waals surface area contributed by atoms with Crippen molar-refractivity contribution in [1.29, 1.82) is 0 Å². The third kappa shape index (κ3) is 5.67. The molecule has 1 heterocycles. The van der Waals surface area contributed by atoms with Gasteiger partial charge >= 0.3 is 0 Å². The van der Waals surface area contributed by atoms with Gasteiger partial charge in [-0.1, -0.05) is 6.07 Å². The monoisotopic (exact) mass is 481 g/mol. The van der Waals surface area contributed by atoms with Crippen molar-refractivity contribution in [2.45, 2.75) is 31.8 Å². The lowest BCUT2D eigenvalue weighted by atomic mass is 10.0. The SMILES string of the molecule is CN=C(NCC(C)(C)N(C)C)NC1CCN(c2c(F)cccc2F)C1.I. The van der Waals surface area contributed by atoms with Crippen LogP contribution in [0.15, 0.2) is 23.2 Å². The Balaban J connectivity index is 0.00000338. The first kappa shape index (κ1) is 22.9. The summed E-state index contributed by atoms with van der Waals surface area (Å²) in [5, 5.41) is 6.68. The average molecular weight is 481 g/mol. The first-order valence-corrected chi connectivity index (χ1v) is 8.58. The standard InChI is InChI=1S/C18H29F2N5.HI/c1-18(2,24(4)5)12-22-17(21-3)23-13-9-10-25(11-13)16-14(19)7-6-8-15(16)20;/h6-8,13H,9-12H2,1-5H3,(H2,21,22,23);1H. The molecule has 26 heavy (non-hydrogen) atoms. The van der Waals surface area contributed by atoms with E-state index in [9.17, 15) is 8.78 Å². The van der Waals surface area contributed by atoms with Gasteiger partial charge < -0.3 is 20.4 Å². The molecule has 1 unspecified atom stereocenters. The van der Waals surface area contributed by atoms with Gasteiger partial charge in [0.25, 0.3) is 0 Å². The Morgan fingerprint density at radius 2 is 1.92 bits per heavy atom. The third-order valence-electron chi connectivity index (χ3n) is 4.91. The van der Waals surface area contributed by atoms with Crippen molar-refractivity contribution in [3.05, 3.63) is 29.8 Å². The van der Waals surface area contributed by atoms with E-state index in [0.29, 0.717) is 19.0 Å². The van der Waals surface area contributed by atoms with E-state index in [1.165, 1.54) is 18.2 Å². The number of likely N-dealkylation sites (N-methyl/N-ethyl adjacent to an activating group) is 1. The van der Waals surface area contributed by atoms with Crippen LogP contribution in [0, 0.1) is 11.6 Å². The summed E-state index contributed by atoms with van der Waals surface area (Å²) >= 11 is 0. The molecule has 0 radical (unpaired) electrons. The second-order valence-corrected chi connectivity index (χ2v) is 7.28. The van der Waals surface area contributed by atoms with Crippen molar-refractivity contribution in [1.82, 2.24) is 15.5 Å². The van der Waals surface area contributed by atoms with Gasteiger partial charge in [0.05, 0.1) is 0 Å². The molecule has 0 aromatic heterocycles. The first-order valence-electron chi connectivity index (χ1n) is 8.58. The molecule has 0 bridgehead atoms. The largest absolute Gasteiger partial charge is 0.365 e. The van der Waals surface area contributed by atoms with Crippen LogP contribution < -0.4 is 15.5 Å². The summed E-state index contributed by atoms with van der Waals surface area (Å²) in [6.45, 7) is 6.17. The third-order valence-corrected chi connectivity index (χ3v) is 4.91. The molecule has 0 aliphatic carbocycles. The minimum absolute atomic E-state index is 0. The summed E-state index contributed by atoms with van der Waals surface area (Å²) in [6.07, 6.45) is 0.797. The number of nitrogens with one attached hydrogen (secondary N) is 2. The maximum Gasteiger partial charge on any atom is 0.191 e. The van der Waals surface area contributed by atoms with Gasteiger partial charge in [-0.2, -0.15) is 0 Å². The maximum atomic E-state index is 13.9. The van der Waals surface area contributed by atoms with Gasteiger partial charge in [-0.3, -0.25) is 4.99 Å². The fourth-order valence-electron chi connectivity index (χ4n) is 2.72. The number of nitrogens with zero attached hydrogens (tertiary/aromatic N) is 3. The Hall–Kier alpha value is -1.16. The van der Waals surface area contributed by atoms with Gasteiger partial charge in [0, 0.05) is 38.3 Å². The van der Waals surface area contributed by atoms with E-state index < -0.39 is 11.6 Å². The van der Waals surface area contributed by atoms with E-state index in [1.54, 1.807) is 11.9 Å². The highest BCUT2D eigenvalue weighted by molar-refractivity contribution is 14.0. The molecule has 0 spiro atoms. The van der Waals surface area contributed by atoms with Crippen molar-refractivity contribution >= 4 is 35.6 Å². The van der Waals surface area contributed by atoms with Crippen LogP contribution in [-0.2, 0) is 0 Å². The molecule has 148 valence electrons. The van der Waals surface area contributed by atoms with Gasteiger partial charge in [0.15, 0.2) is 5.96 Å². The predicted molar refractivity (Wildman–Crippen MR) is 115 cm³/mol. The van der Waals surface area contributed by atoms with Gasteiger partial charge in [-0.25, -0.2) is 8.78 Å². The fourth-order valence-corrected chi connectivity index (χ4v) is 2.72. The molecule has 0 saturated carbocycles. The summed E-state index contributed by atoms with van der Waals surface area (Å²) in [6, 6.07) is 4.07. The quantitative estimate of drug-likeness (QED) is 0.386. The molecule has 1 atom stereocenters. The first-order chi connectivity index (χ1) is 11.7. The summed E-state index contributed by atoms with van der Waals surface area (Å²) in [4.78, 5) is 8.15. The summed E-state index contributed by atoms with van der Waals surface area (Å²) in [5.74, 6) is -0.331. The zero-order valence-corrected chi connectivity index (χ0v) is 18.5. The van der Waals surface area contributed by atoms with E-state index >= 15 is 0 Å². The van der Waals surface area contributed by atoms with Crippen LogP contribution in [0.2, 0.25) is 0 Å². The molecule has 1 fully saturated rings. The number of benzene rings is 1. The number of hydrogen-bond acceptors (Lipinski definition) is 3. The normalized spacial score (nSPS) is 18.1. The zero-order chi connectivity index (χ0) is 18.6. The van der Waals surface area contributed by atoms with Crippen LogP contribution in [0.1, 0.15) is 20.3 Å². The second kappa shape index (κ2) is 9.68. The smallest absolute Gasteiger partial charge is 0.191 e. The number of aliphatic imine (C=N–C) groups is 1. The summed E-state index contributed by atoms with van der Waals surface area (Å²) in [5.41, 5.74) is 0.0406. The molecule has 2 N–H and O–H groups in total. The van der Waals surface area contributed by atoms with Crippen molar-refractivity contribution in [2.24, 2.45) is 4.99 Å².